The molecule has 1 saturated heterocycles. The lowest BCUT2D eigenvalue weighted by Crippen LogP contribution is -2.61. The number of rotatable bonds is 0. The molecule has 3 aliphatic rings. The predicted molar refractivity (Wildman–Crippen MR) is 124 cm³/mol. The van der Waals surface area contributed by atoms with E-state index in [1.54, 1.807) is 11.1 Å². The monoisotopic (exact) mass is 598 g/mol. The number of H-pyrrole nitrogens is 1. The normalized spacial score (nSPS) is 24.1. The number of carbonyl (C=O) groups is 1. The van der Waals surface area contributed by atoms with Crippen LogP contribution < -0.4 is 0 Å². The molecule has 3 aliphatic heterocycles. The lowest BCUT2D eigenvalue weighted by molar-refractivity contribution is -0.145. The van der Waals surface area contributed by atoms with E-state index in [0.717, 1.165) is 31.6 Å². The summed E-state index contributed by atoms with van der Waals surface area (Å²) in [7, 11) is 0. The molecular weight excluding hydrogens is 587 g/mol. The van der Waals surface area contributed by atoms with E-state index in [4.69, 9.17) is 16.6 Å². The van der Waals surface area contributed by atoms with Gasteiger partial charge in [-0.3, -0.25) is 9.79 Å². The number of aliphatic imine (C=N–C) groups is 1. The van der Waals surface area contributed by atoms with Gasteiger partial charge >= 0.3 is 0 Å². The number of β-lactam (4-membered cyclic amide) rings is 1. The van der Waals surface area contributed by atoms with Crippen LogP contribution in [-0.4, -0.2) is 26.5 Å². The number of hydrogen-bond acceptors (Lipinski definition) is 3. The highest BCUT2D eigenvalue weighted by Gasteiger charge is 2.59. The molecule has 0 bridgehead atoms. The lowest BCUT2D eigenvalue weighted by atomic mass is 9.74. The molecule has 5 rings (SSSR count). The standard InChI is InChI=1S/C20H14Br3ClN4O/c1-19(2)4-3-13-20(15-10(22)5-9(21)6-12(15)25-13)7-14(29)28(20)8-11(24)16-17(19)27-18(23)26-16/h3-6,8H,7H2,1-2H3,(H,26,27). The van der Waals surface area contributed by atoms with Crippen LogP contribution in [0.1, 0.15) is 37.2 Å². The second kappa shape index (κ2) is 6.39. The molecule has 0 aliphatic carbocycles. The predicted octanol–water partition coefficient (Wildman–Crippen LogP) is 6.30. The van der Waals surface area contributed by atoms with Gasteiger partial charge in [0.15, 0.2) is 4.73 Å². The largest absolute Gasteiger partial charge is 0.335 e. The number of fused-ring (bicyclic) bond motifs is 2. The van der Waals surface area contributed by atoms with Crippen LogP contribution in [0.15, 0.2) is 49.2 Å². The number of carbonyl (C=O) groups excluding carboxylic acids is 1. The summed E-state index contributed by atoms with van der Waals surface area (Å²) in [6.45, 7) is 4.18. The van der Waals surface area contributed by atoms with E-state index >= 15 is 0 Å². The number of imidazole rings is 1. The third kappa shape index (κ3) is 2.72. The fourth-order valence-electron chi connectivity index (χ4n) is 4.23. The Morgan fingerprint density at radius 3 is 2.72 bits per heavy atom. The van der Waals surface area contributed by atoms with Gasteiger partial charge in [0.1, 0.15) is 11.2 Å². The van der Waals surface area contributed by atoms with Crippen LogP contribution in [0.3, 0.4) is 0 Å². The second-order valence-electron chi connectivity index (χ2n) is 7.86. The summed E-state index contributed by atoms with van der Waals surface area (Å²) in [5.41, 5.74) is 3.06. The summed E-state index contributed by atoms with van der Waals surface area (Å²) in [5.74, 6) is -0.0112. The van der Waals surface area contributed by atoms with Crippen molar-refractivity contribution in [1.29, 1.82) is 0 Å². The van der Waals surface area contributed by atoms with Crippen molar-refractivity contribution in [1.82, 2.24) is 14.9 Å². The summed E-state index contributed by atoms with van der Waals surface area (Å²) in [5, 5.41) is 0.402. The third-order valence-corrected chi connectivity index (χ3v) is 7.38. The maximum atomic E-state index is 12.7. The number of aromatic amines is 1. The van der Waals surface area contributed by atoms with Crippen molar-refractivity contribution in [2.45, 2.75) is 31.2 Å². The number of benzene rings is 1. The average Bonchev–Trinajstić information content (AvgIpc) is 3.17. The Balaban J connectivity index is 1.81. The van der Waals surface area contributed by atoms with E-state index in [0.29, 0.717) is 21.9 Å². The molecule has 29 heavy (non-hydrogen) atoms. The second-order valence-corrected chi connectivity index (χ2v) is 10.8. The van der Waals surface area contributed by atoms with Gasteiger partial charge in [-0.1, -0.05) is 63.4 Å². The highest BCUT2D eigenvalue weighted by Crippen LogP contribution is 2.55. The van der Waals surface area contributed by atoms with Crippen molar-refractivity contribution in [3.05, 3.63) is 61.1 Å². The molecule has 9 heteroatoms. The topological polar surface area (TPSA) is 61.4 Å². The van der Waals surface area contributed by atoms with Crippen molar-refractivity contribution in [2.24, 2.45) is 4.99 Å². The van der Waals surface area contributed by atoms with E-state index in [9.17, 15) is 4.79 Å². The fraction of sp³-hybridized carbons (Fsp3) is 0.250. The van der Waals surface area contributed by atoms with Crippen molar-refractivity contribution in [2.75, 3.05) is 0 Å². The number of allylic oxidation sites excluding steroid dienone is 1. The number of nitrogens with one attached hydrogen (secondary N) is 1. The molecule has 1 aromatic heterocycles. The summed E-state index contributed by atoms with van der Waals surface area (Å²) < 4.78 is 2.41. The quantitative estimate of drug-likeness (QED) is 0.361. The molecule has 1 atom stereocenters. The minimum atomic E-state index is -0.677. The lowest BCUT2D eigenvalue weighted by Gasteiger charge is -2.49. The van der Waals surface area contributed by atoms with Crippen LogP contribution in [0.2, 0.25) is 0 Å². The van der Waals surface area contributed by atoms with E-state index in [1.165, 1.54) is 0 Å². The number of amides is 1. The molecular formula is C20H14Br3ClN4O. The summed E-state index contributed by atoms with van der Waals surface area (Å²) in [6.07, 6.45) is 6.13. The Morgan fingerprint density at radius 1 is 1.24 bits per heavy atom. The first-order valence-corrected chi connectivity index (χ1v) is 11.6. The Labute approximate surface area is 197 Å². The van der Waals surface area contributed by atoms with Gasteiger partial charge in [0.2, 0.25) is 5.91 Å². The van der Waals surface area contributed by atoms with E-state index < -0.39 is 5.54 Å². The maximum absolute atomic E-state index is 12.7. The zero-order valence-electron chi connectivity index (χ0n) is 15.4. The Kier molecular flexibility index (Phi) is 4.35. The minimum Gasteiger partial charge on any atom is -0.335 e. The van der Waals surface area contributed by atoms with Crippen LogP contribution >= 0.6 is 59.4 Å². The van der Waals surface area contributed by atoms with Crippen LogP contribution in [0, 0.1) is 0 Å². The number of hydrogen-bond donors (Lipinski definition) is 1. The summed E-state index contributed by atoms with van der Waals surface area (Å²) in [4.78, 5) is 27.1. The van der Waals surface area contributed by atoms with Crippen molar-refractivity contribution < 1.29 is 4.79 Å². The Bertz CT molecular complexity index is 1200. The fourth-order valence-corrected chi connectivity index (χ4v) is 6.37. The first-order valence-electron chi connectivity index (χ1n) is 8.87. The van der Waals surface area contributed by atoms with Gasteiger partial charge in [0.25, 0.3) is 0 Å². The van der Waals surface area contributed by atoms with Crippen molar-refractivity contribution >= 4 is 81.7 Å². The Morgan fingerprint density at radius 2 is 2.00 bits per heavy atom. The van der Waals surface area contributed by atoms with Gasteiger partial charge in [-0.05, 0) is 34.1 Å². The van der Waals surface area contributed by atoms with E-state index in [1.807, 2.05) is 18.2 Å². The minimum absolute atomic E-state index is 0.0112. The van der Waals surface area contributed by atoms with Gasteiger partial charge in [0, 0.05) is 26.1 Å². The molecule has 2 aromatic rings. The first-order chi connectivity index (χ1) is 13.6. The average molecular weight is 602 g/mol. The highest BCUT2D eigenvalue weighted by atomic mass is 79.9. The van der Waals surface area contributed by atoms with E-state index in [-0.39, 0.29) is 11.3 Å². The zero-order chi connectivity index (χ0) is 20.7. The Hall–Kier alpha value is -1.22. The zero-order valence-corrected chi connectivity index (χ0v) is 20.9. The van der Waals surface area contributed by atoms with Crippen LogP contribution in [0.4, 0.5) is 5.69 Å². The van der Waals surface area contributed by atoms with Crippen LogP contribution in [-0.2, 0) is 15.7 Å². The molecule has 1 spiro atoms. The molecule has 1 amide bonds. The number of nitrogens with zero attached hydrogens (tertiary/aromatic N) is 3. The van der Waals surface area contributed by atoms with E-state index in [2.05, 4.69) is 77.7 Å². The first kappa shape index (κ1) is 19.7. The molecule has 0 saturated carbocycles. The molecule has 1 aromatic carbocycles. The van der Waals surface area contributed by atoms with Gasteiger partial charge in [-0.25, -0.2) is 4.98 Å². The summed E-state index contributed by atoms with van der Waals surface area (Å²) in [6, 6.07) is 3.95. The van der Waals surface area contributed by atoms with Gasteiger partial charge in [-0.2, -0.15) is 0 Å². The smallest absolute Gasteiger partial charge is 0.230 e. The third-order valence-electron chi connectivity index (χ3n) is 5.65. The highest BCUT2D eigenvalue weighted by molar-refractivity contribution is 9.11. The summed E-state index contributed by atoms with van der Waals surface area (Å²) >= 11 is 17.3. The molecule has 1 fully saturated rings. The number of aromatic nitrogens is 2. The van der Waals surface area contributed by atoms with Crippen molar-refractivity contribution in [3.8, 4) is 0 Å². The molecule has 5 nitrogen and oxygen atoms in total. The van der Waals surface area contributed by atoms with Crippen LogP contribution in [0.5, 0.6) is 0 Å². The van der Waals surface area contributed by atoms with Crippen molar-refractivity contribution in [3.63, 3.8) is 0 Å². The van der Waals surface area contributed by atoms with Gasteiger partial charge < -0.3 is 9.88 Å². The van der Waals surface area contributed by atoms with Gasteiger partial charge in [0.05, 0.1) is 28.5 Å². The van der Waals surface area contributed by atoms with Crippen LogP contribution in [0.25, 0.3) is 5.03 Å². The SMILES string of the molecule is CC1(C)C=CC2=Nc3cc(Br)cc(Br)c3C23CC(=O)N3C=C(Cl)c2nc(Br)[nH]c21. The molecule has 1 unspecified atom stereocenters. The van der Waals surface area contributed by atoms with Gasteiger partial charge in [-0.15, -0.1) is 0 Å². The number of halogens is 4. The molecule has 1 N–H and O–H groups in total. The molecule has 4 heterocycles. The molecule has 0 radical (unpaired) electrons. The maximum Gasteiger partial charge on any atom is 0.230 e. The molecule has 148 valence electrons.